The molecule has 0 unspecified atom stereocenters. The molecule has 0 aliphatic heterocycles. The van der Waals surface area contributed by atoms with Gasteiger partial charge in [-0.15, -0.1) is 0 Å². The Kier molecular flexibility index (Phi) is 5.01. The van der Waals surface area contributed by atoms with Gasteiger partial charge in [0.05, 0.1) is 17.9 Å². The van der Waals surface area contributed by atoms with Crippen LogP contribution in [0.5, 0.6) is 11.5 Å². The van der Waals surface area contributed by atoms with Crippen LogP contribution in [0.2, 0.25) is 0 Å². The lowest BCUT2D eigenvalue weighted by molar-refractivity contribution is 0.102. The Morgan fingerprint density at radius 1 is 1.00 bits per heavy atom. The quantitative estimate of drug-likeness (QED) is 0.743. The first-order chi connectivity index (χ1) is 12.1. The fourth-order valence-corrected chi connectivity index (χ4v) is 2.10. The Hall–Kier alpha value is -3.25. The Balaban J connectivity index is 1.63. The van der Waals surface area contributed by atoms with Gasteiger partial charge in [-0.2, -0.15) is 0 Å². The molecular formula is C19H15FN2O3. The number of aromatic nitrogens is 1. The van der Waals surface area contributed by atoms with Gasteiger partial charge in [-0.3, -0.25) is 9.78 Å². The van der Waals surface area contributed by atoms with Gasteiger partial charge in [0.2, 0.25) is 0 Å². The van der Waals surface area contributed by atoms with Crippen molar-refractivity contribution in [2.24, 2.45) is 0 Å². The summed E-state index contributed by atoms with van der Waals surface area (Å²) in [6.45, 7) is -0.169. The number of carbonyl (C=O) groups is 1. The van der Waals surface area contributed by atoms with E-state index in [9.17, 15) is 9.18 Å². The molecule has 0 aliphatic rings. The Labute approximate surface area is 143 Å². The summed E-state index contributed by atoms with van der Waals surface area (Å²) >= 11 is 0. The summed E-state index contributed by atoms with van der Waals surface area (Å²) in [5.41, 5.74) is 1.49. The highest BCUT2D eigenvalue weighted by Crippen LogP contribution is 2.23. The molecule has 1 amide bonds. The zero-order valence-electron chi connectivity index (χ0n) is 13.1. The van der Waals surface area contributed by atoms with Crippen LogP contribution in [-0.4, -0.2) is 16.0 Å². The van der Waals surface area contributed by atoms with Crippen molar-refractivity contribution in [3.63, 3.8) is 0 Å². The van der Waals surface area contributed by atoms with Crippen LogP contribution in [0.15, 0.2) is 66.9 Å². The third-order valence-electron chi connectivity index (χ3n) is 3.41. The van der Waals surface area contributed by atoms with Crippen molar-refractivity contribution in [1.82, 2.24) is 4.98 Å². The van der Waals surface area contributed by atoms with E-state index in [1.165, 1.54) is 30.5 Å². The van der Waals surface area contributed by atoms with Crippen molar-refractivity contribution in [3.8, 4) is 11.5 Å². The fourth-order valence-electron chi connectivity index (χ4n) is 2.10. The maximum Gasteiger partial charge on any atom is 0.257 e. The molecule has 5 nitrogen and oxygen atoms in total. The maximum absolute atomic E-state index is 12.9. The topological polar surface area (TPSA) is 71.5 Å². The minimum Gasteiger partial charge on any atom is -0.457 e. The number of halogens is 1. The highest BCUT2D eigenvalue weighted by Gasteiger charge is 2.07. The van der Waals surface area contributed by atoms with Gasteiger partial charge in [-0.05, 0) is 60.7 Å². The number of nitrogens with one attached hydrogen (secondary N) is 1. The van der Waals surface area contributed by atoms with Crippen LogP contribution >= 0.6 is 0 Å². The molecule has 2 aromatic carbocycles. The molecule has 0 aliphatic carbocycles. The zero-order valence-corrected chi connectivity index (χ0v) is 13.1. The number of nitrogens with zero attached hydrogens (tertiary/aromatic N) is 1. The summed E-state index contributed by atoms with van der Waals surface area (Å²) in [4.78, 5) is 16.1. The molecule has 1 heterocycles. The first-order valence-corrected chi connectivity index (χ1v) is 7.55. The number of carbonyl (C=O) groups excluding carboxylic acids is 1. The number of anilines is 1. The molecule has 126 valence electrons. The lowest BCUT2D eigenvalue weighted by Gasteiger charge is -2.08. The largest absolute Gasteiger partial charge is 0.457 e. The van der Waals surface area contributed by atoms with Crippen LogP contribution in [0, 0.1) is 5.82 Å². The third kappa shape index (κ3) is 4.39. The van der Waals surface area contributed by atoms with E-state index in [1.54, 1.807) is 36.4 Å². The van der Waals surface area contributed by atoms with Crippen molar-refractivity contribution in [2.75, 3.05) is 5.32 Å². The highest BCUT2D eigenvalue weighted by atomic mass is 19.1. The van der Waals surface area contributed by atoms with Gasteiger partial charge in [-0.1, -0.05) is 0 Å². The minimum absolute atomic E-state index is 0.169. The summed E-state index contributed by atoms with van der Waals surface area (Å²) in [5, 5.41) is 11.7. The number of hydrogen-bond acceptors (Lipinski definition) is 4. The number of ether oxygens (including phenoxy) is 1. The molecule has 2 N–H and O–H groups in total. The van der Waals surface area contributed by atoms with Crippen LogP contribution in [-0.2, 0) is 6.61 Å². The first-order valence-electron chi connectivity index (χ1n) is 7.55. The summed E-state index contributed by atoms with van der Waals surface area (Å²) in [5.74, 6) is 0.461. The van der Waals surface area contributed by atoms with Crippen molar-refractivity contribution in [1.29, 1.82) is 0 Å². The second-order valence-corrected chi connectivity index (χ2v) is 5.23. The van der Waals surface area contributed by atoms with E-state index in [0.717, 1.165) is 0 Å². The average molecular weight is 338 g/mol. The molecule has 3 rings (SSSR count). The van der Waals surface area contributed by atoms with Gasteiger partial charge >= 0.3 is 0 Å². The van der Waals surface area contributed by atoms with Crippen molar-refractivity contribution in [3.05, 3.63) is 83.9 Å². The van der Waals surface area contributed by atoms with E-state index in [2.05, 4.69) is 10.3 Å². The molecule has 6 heteroatoms. The van der Waals surface area contributed by atoms with E-state index < -0.39 is 0 Å². The summed E-state index contributed by atoms with van der Waals surface area (Å²) < 4.78 is 18.5. The normalized spacial score (nSPS) is 10.3. The van der Waals surface area contributed by atoms with Crippen LogP contribution in [0.3, 0.4) is 0 Å². The van der Waals surface area contributed by atoms with E-state index in [1.807, 2.05) is 0 Å². The second-order valence-electron chi connectivity index (χ2n) is 5.23. The monoisotopic (exact) mass is 338 g/mol. The summed E-state index contributed by atoms with van der Waals surface area (Å²) in [6, 6.07) is 15.7. The number of aliphatic hydroxyl groups is 1. The van der Waals surface area contributed by atoms with Gasteiger partial charge in [0, 0.05) is 11.9 Å². The fraction of sp³-hybridized carbons (Fsp3) is 0.0526. The van der Waals surface area contributed by atoms with E-state index in [4.69, 9.17) is 9.84 Å². The molecule has 1 aromatic heterocycles. The number of aliphatic hydroxyl groups excluding tert-OH is 1. The SMILES string of the molecule is O=C(Nc1ccc(Oc2ccc(F)cc2)cc1)c1ccc(CO)nc1. The van der Waals surface area contributed by atoms with Crippen LogP contribution < -0.4 is 10.1 Å². The van der Waals surface area contributed by atoms with Gasteiger partial charge in [-0.25, -0.2) is 4.39 Å². The molecule has 3 aromatic rings. The summed E-state index contributed by atoms with van der Waals surface area (Å²) in [7, 11) is 0. The molecule has 0 saturated carbocycles. The molecule has 25 heavy (non-hydrogen) atoms. The minimum atomic E-state index is -0.327. The number of amides is 1. The molecular weight excluding hydrogens is 323 g/mol. The predicted octanol–water partition coefficient (Wildman–Crippen LogP) is 3.76. The average Bonchev–Trinajstić information content (AvgIpc) is 2.65. The lowest BCUT2D eigenvalue weighted by atomic mass is 10.2. The Bertz CT molecular complexity index is 847. The lowest BCUT2D eigenvalue weighted by Crippen LogP contribution is -2.12. The van der Waals surface area contributed by atoms with Crippen LogP contribution in [0.25, 0.3) is 0 Å². The molecule has 0 spiro atoms. The van der Waals surface area contributed by atoms with Gasteiger partial charge in [0.25, 0.3) is 5.91 Å². The standard InChI is InChI=1S/C19H15FN2O3/c20-14-2-7-17(8-3-14)25-18-9-5-15(6-10-18)22-19(24)13-1-4-16(12-23)21-11-13/h1-11,23H,12H2,(H,22,24). The van der Waals surface area contributed by atoms with Crippen molar-refractivity contribution in [2.45, 2.75) is 6.61 Å². The Morgan fingerprint density at radius 3 is 2.20 bits per heavy atom. The number of hydrogen-bond donors (Lipinski definition) is 2. The van der Waals surface area contributed by atoms with Crippen LogP contribution in [0.4, 0.5) is 10.1 Å². The smallest absolute Gasteiger partial charge is 0.257 e. The van der Waals surface area contributed by atoms with E-state index in [-0.39, 0.29) is 18.3 Å². The molecule has 0 saturated heterocycles. The highest BCUT2D eigenvalue weighted by molar-refractivity contribution is 6.04. The number of pyridine rings is 1. The van der Waals surface area contributed by atoms with Crippen molar-refractivity contribution < 1.29 is 19.0 Å². The maximum atomic E-state index is 12.9. The molecule has 0 atom stereocenters. The zero-order chi connectivity index (χ0) is 17.6. The predicted molar refractivity (Wildman–Crippen MR) is 91.0 cm³/mol. The molecule has 0 fully saturated rings. The van der Waals surface area contributed by atoms with E-state index in [0.29, 0.717) is 28.4 Å². The first kappa shape index (κ1) is 16.6. The van der Waals surface area contributed by atoms with Gasteiger partial charge in [0.15, 0.2) is 0 Å². The number of benzene rings is 2. The summed E-state index contributed by atoms with van der Waals surface area (Å²) in [6.07, 6.45) is 1.41. The second kappa shape index (κ2) is 7.55. The van der Waals surface area contributed by atoms with Gasteiger partial charge < -0.3 is 15.2 Å². The van der Waals surface area contributed by atoms with Gasteiger partial charge in [0.1, 0.15) is 17.3 Å². The van der Waals surface area contributed by atoms with Crippen LogP contribution in [0.1, 0.15) is 16.1 Å². The van der Waals surface area contributed by atoms with E-state index >= 15 is 0 Å². The molecule has 0 radical (unpaired) electrons. The third-order valence-corrected chi connectivity index (χ3v) is 3.41. The Morgan fingerprint density at radius 2 is 1.64 bits per heavy atom. The number of rotatable bonds is 5. The van der Waals surface area contributed by atoms with Crippen molar-refractivity contribution >= 4 is 11.6 Å². The molecule has 0 bridgehead atoms.